The Morgan fingerprint density at radius 2 is 1.89 bits per heavy atom. The van der Waals surface area contributed by atoms with Gasteiger partial charge in [0.1, 0.15) is 11.4 Å². The Kier molecular flexibility index (Phi) is 5.17. The summed E-state index contributed by atoms with van der Waals surface area (Å²) in [4.78, 5) is 23.0. The summed E-state index contributed by atoms with van der Waals surface area (Å²) in [5.74, 6) is 1.60. The van der Waals surface area contributed by atoms with Crippen LogP contribution in [0.5, 0.6) is 0 Å². The van der Waals surface area contributed by atoms with Crippen molar-refractivity contribution in [3.63, 3.8) is 0 Å². The van der Waals surface area contributed by atoms with Crippen LogP contribution < -0.4 is 5.32 Å². The number of hydrogen-bond donors (Lipinski definition) is 1. The molecule has 0 bridgehead atoms. The van der Waals surface area contributed by atoms with Crippen LogP contribution in [-0.2, 0) is 9.53 Å². The molecule has 0 aromatic rings. The molecule has 0 radical (unpaired) electrons. The van der Waals surface area contributed by atoms with Crippen LogP contribution in [0.4, 0.5) is 4.79 Å². The lowest BCUT2D eigenvalue weighted by Gasteiger charge is -2.32. The zero-order valence-corrected chi connectivity index (χ0v) is 11.9. The minimum atomic E-state index is -0.490. The van der Waals surface area contributed by atoms with Gasteiger partial charge in [0.05, 0.1) is 0 Å². The summed E-state index contributed by atoms with van der Waals surface area (Å²) < 4.78 is 5.09. The van der Waals surface area contributed by atoms with Crippen LogP contribution in [0.15, 0.2) is 0 Å². The molecule has 104 valence electrons. The van der Waals surface area contributed by atoms with E-state index >= 15 is 0 Å². The maximum absolute atomic E-state index is 11.6. The maximum Gasteiger partial charge on any atom is 0.407 e. The average Bonchev–Trinajstić information content (AvgIpc) is 2.12. The van der Waals surface area contributed by atoms with Gasteiger partial charge in [-0.15, -0.1) is 0 Å². The molecule has 1 saturated carbocycles. The summed E-state index contributed by atoms with van der Waals surface area (Å²) in [5, 5.41) is 2.61. The number of ether oxygens (including phenoxy) is 1. The van der Waals surface area contributed by atoms with Gasteiger partial charge in [0.2, 0.25) is 0 Å². The number of carbonyl (C=O) groups is 2. The zero-order chi connectivity index (χ0) is 13.8. The summed E-state index contributed by atoms with van der Waals surface area (Å²) in [6, 6.07) is 0. The number of alkyl carbamates (subject to hydrolysis) is 1. The van der Waals surface area contributed by atoms with Crippen LogP contribution >= 0.6 is 0 Å². The van der Waals surface area contributed by atoms with Gasteiger partial charge in [-0.05, 0) is 45.4 Å². The molecule has 1 aliphatic rings. The van der Waals surface area contributed by atoms with Crippen LogP contribution in [0.25, 0.3) is 0 Å². The third kappa shape index (κ3) is 6.03. The highest BCUT2D eigenvalue weighted by atomic mass is 16.6. The Morgan fingerprint density at radius 1 is 1.28 bits per heavy atom. The lowest BCUT2D eigenvalue weighted by molar-refractivity contribution is -0.120. The second-order valence-electron chi connectivity index (χ2n) is 6.36. The SMILES string of the molecule is CC1CC(CC(=O)CCNC(=O)OC(C)(C)C)C1. The molecule has 1 aliphatic carbocycles. The number of nitrogens with one attached hydrogen (secondary N) is 1. The fourth-order valence-corrected chi connectivity index (χ4v) is 2.28. The van der Waals surface area contributed by atoms with E-state index in [1.54, 1.807) is 0 Å². The Bertz CT molecular complexity index is 301. The van der Waals surface area contributed by atoms with E-state index in [0.717, 1.165) is 5.92 Å². The first kappa shape index (κ1) is 15.0. The third-order valence-corrected chi connectivity index (χ3v) is 3.06. The summed E-state index contributed by atoms with van der Waals surface area (Å²) in [7, 11) is 0. The lowest BCUT2D eigenvalue weighted by atomic mass is 9.73. The van der Waals surface area contributed by atoms with E-state index < -0.39 is 11.7 Å². The number of amides is 1. The molecule has 0 saturated heterocycles. The molecule has 18 heavy (non-hydrogen) atoms. The highest BCUT2D eigenvalue weighted by Crippen LogP contribution is 2.35. The molecule has 1 amide bonds. The zero-order valence-electron chi connectivity index (χ0n) is 11.9. The van der Waals surface area contributed by atoms with Crippen molar-refractivity contribution in [2.45, 2.75) is 59.0 Å². The van der Waals surface area contributed by atoms with Gasteiger partial charge in [0.25, 0.3) is 0 Å². The van der Waals surface area contributed by atoms with Gasteiger partial charge in [0.15, 0.2) is 0 Å². The summed E-state index contributed by atoms with van der Waals surface area (Å²) in [6.07, 6.45) is 2.97. The van der Waals surface area contributed by atoms with Crippen molar-refractivity contribution in [3.8, 4) is 0 Å². The molecule has 1 fully saturated rings. The first-order valence-corrected chi connectivity index (χ1v) is 6.75. The minimum absolute atomic E-state index is 0.239. The quantitative estimate of drug-likeness (QED) is 0.821. The van der Waals surface area contributed by atoms with Gasteiger partial charge in [-0.3, -0.25) is 4.79 Å². The lowest BCUT2D eigenvalue weighted by Crippen LogP contribution is -2.34. The predicted octanol–water partition coefficient (Wildman–Crippen LogP) is 2.91. The van der Waals surface area contributed by atoms with Gasteiger partial charge in [-0.1, -0.05) is 6.92 Å². The second kappa shape index (κ2) is 6.21. The summed E-state index contributed by atoms with van der Waals surface area (Å²) in [5.41, 5.74) is -0.490. The molecular weight excluding hydrogens is 230 g/mol. The number of Topliss-reactive ketones (excluding diaryl/α,β-unsaturated/α-hetero) is 1. The number of ketones is 1. The number of carbonyl (C=O) groups excluding carboxylic acids is 2. The molecular formula is C14H25NO3. The molecule has 0 unspecified atom stereocenters. The maximum atomic E-state index is 11.6. The number of rotatable bonds is 5. The Morgan fingerprint density at radius 3 is 2.39 bits per heavy atom. The van der Waals surface area contributed by atoms with Crippen molar-refractivity contribution < 1.29 is 14.3 Å². The van der Waals surface area contributed by atoms with E-state index in [0.29, 0.717) is 25.3 Å². The van der Waals surface area contributed by atoms with E-state index in [9.17, 15) is 9.59 Å². The largest absolute Gasteiger partial charge is 0.444 e. The topological polar surface area (TPSA) is 55.4 Å². The van der Waals surface area contributed by atoms with Crippen molar-refractivity contribution in [1.82, 2.24) is 5.32 Å². The van der Waals surface area contributed by atoms with Crippen LogP contribution in [0.3, 0.4) is 0 Å². The van der Waals surface area contributed by atoms with Crippen molar-refractivity contribution >= 4 is 11.9 Å². The highest BCUT2D eigenvalue weighted by Gasteiger charge is 2.26. The van der Waals surface area contributed by atoms with Gasteiger partial charge in [-0.25, -0.2) is 4.79 Å². The normalized spacial score (nSPS) is 23.1. The van der Waals surface area contributed by atoms with Crippen molar-refractivity contribution in [2.75, 3.05) is 6.54 Å². The average molecular weight is 255 g/mol. The van der Waals surface area contributed by atoms with Crippen molar-refractivity contribution in [3.05, 3.63) is 0 Å². The molecule has 0 spiro atoms. The molecule has 4 nitrogen and oxygen atoms in total. The molecule has 0 heterocycles. The monoisotopic (exact) mass is 255 g/mol. The van der Waals surface area contributed by atoms with E-state index in [4.69, 9.17) is 4.74 Å². The fraction of sp³-hybridized carbons (Fsp3) is 0.857. The smallest absolute Gasteiger partial charge is 0.407 e. The van der Waals surface area contributed by atoms with Crippen LogP contribution in [0.2, 0.25) is 0 Å². The van der Waals surface area contributed by atoms with Crippen molar-refractivity contribution in [1.29, 1.82) is 0 Å². The molecule has 1 rings (SSSR count). The van der Waals surface area contributed by atoms with E-state index in [1.165, 1.54) is 12.8 Å². The molecule has 0 aromatic carbocycles. The second-order valence-corrected chi connectivity index (χ2v) is 6.36. The van der Waals surface area contributed by atoms with Crippen LogP contribution in [-0.4, -0.2) is 24.0 Å². The Hall–Kier alpha value is -1.06. The Labute approximate surface area is 109 Å². The van der Waals surface area contributed by atoms with E-state index in [-0.39, 0.29) is 5.78 Å². The summed E-state index contributed by atoms with van der Waals surface area (Å²) in [6.45, 7) is 8.03. The van der Waals surface area contributed by atoms with Gasteiger partial charge in [-0.2, -0.15) is 0 Å². The fourth-order valence-electron chi connectivity index (χ4n) is 2.28. The minimum Gasteiger partial charge on any atom is -0.444 e. The molecule has 0 aliphatic heterocycles. The first-order valence-electron chi connectivity index (χ1n) is 6.75. The Balaban J connectivity index is 2.06. The van der Waals surface area contributed by atoms with Gasteiger partial charge in [0, 0.05) is 19.4 Å². The van der Waals surface area contributed by atoms with Crippen LogP contribution in [0, 0.1) is 11.8 Å². The number of hydrogen-bond acceptors (Lipinski definition) is 3. The van der Waals surface area contributed by atoms with E-state index in [1.807, 2.05) is 20.8 Å². The third-order valence-electron chi connectivity index (χ3n) is 3.06. The predicted molar refractivity (Wildman–Crippen MR) is 70.4 cm³/mol. The molecule has 4 heteroatoms. The molecule has 0 aromatic heterocycles. The molecule has 0 atom stereocenters. The standard InChI is InChI=1S/C14H25NO3/c1-10-7-11(8-10)9-12(16)5-6-15-13(17)18-14(2,3)4/h10-11H,5-9H2,1-4H3,(H,15,17). The first-order chi connectivity index (χ1) is 8.26. The highest BCUT2D eigenvalue weighted by molar-refractivity contribution is 5.79. The van der Waals surface area contributed by atoms with Crippen molar-refractivity contribution in [2.24, 2.45) is 11.8 Å². The summed E-state index contributed by atoms with van der Waals surface area (Å²) >= 11 is 0. The van der Waals surface area contributed by atoms with Gasteiger partial charge >= 0.3 is 6.09 Å². The van der Waals surface area contributed by atoms with E-state index in [2.05, 4.69) is 12.2 Å². The van der Waals surface area contributed by atoms with Crippen LogP contribution in [0.1, 0.15) is 53.4 Å². The molecule has 1 N–H and O–H groups in total. The van der Waals surface area contributed by atoms with Gasteiger partial charge < -0.3 is 10.1 Å².